The Balaban J connectivity index is 3.04. The normalized spacial score (nSPS) is 10.0. The van der Waals surface area contributed by atoms with E-state index in [1.807, 2.05) is 13.3 Å². The van der Waals surface area contributed by atoms with Gasteiger partial charge in [0, 0.05) is 12.8 Å². The Morgan fingerprint density at radius 1 is 1.18 bits per heavy atom. The van der Waals surface area contributed by atoms with E-state index < -0.39 is 0 Å². The first-order chi connectivity index (χ1) is 5.31. The molecule has 0 fully saturated rings. The highest BCUT2D eigenvalue weighted by atomic mass is 16.1. The topological polar surface area (TPSA) is 17.1 Å². The van der Waals surface area contributed by atoms with Crippen molar-refractivity contribution in [2.45, 2.75) is 52.4 Å². The molecule has 0 bridgehead atoms. The fourth-order valence-electron chi connectivity index (χ4n) is 1.01. The van der Waals surface area contributed by atoms with E-state index >= 15 is 0 Å². The lowest BCUT2D eigenvalue weighted by Gasteiger charge is -1.97. The average molecular weight is 155 g/mol. The average Bonchev–Trinajstić information content (AvgIpc) is 1.99. The third-order valence-electron chi connectivity index (χ3n) is 1.68. The zero-order valence-corrected chi connectivity index (χ0v) is 7.73. The summed E-state index contributed by atoms with van der Waals surface area (Å²) in [7, 11) is 0. The molecule has 0 rings (SSSR count). The number of hydrogen-bond donors (Lipinski definition) is 0. The molecule has 1 radical (unpaired) electrons. The lowest BCUT2D eigenvalue weighted by Crippen LogP contribution is -1.97. The summed E-state index contributed by atoms with van der Waals surface area (Å²) in [5, 5.41) is 0. The fraction of sp³-hybridized carbons (Fsp3) is 0.800. The van der Waals surface area contributed by atoms with E-state index in [-0.39, 0.29) is 0 Å². The fourth-order valence-corrected chi connectivity index (χ4v) is 1.01. The maximum absolute atomic E-state index is 11.0. The second kappa shape index (κ2) is 7.77. The van der Waals surface area contributed by atoms with Crippen molar-refractivity contribution < 1.29 is 4.79 Å². The standard InChI is InChI=1S/C10H19O/c1-3-5-6-7-9-10(11)8-4-2/h9H,3-8H2,1-2H3. The number of carbonyl (C=O) groups is 1. The maximum Gasteiger partial charge on any atom is 0.136 e. The minimum absolute atomic E-state index is 0.323. The minimum Gasteiger partial charge on any atom is -0.299 e. The van der Waals surface area contributed by atoms with E-state index in [4.69, 9.17) is 0 Å². The van der Waals surface area contributed by atoms with Gasteiger partial charge in [0.15, 0.2) is 0 Å². The summed E-state index contributed by atoms with van der Waals surface area (Å²) in [6, 6.07) is 0. The molecule has 0 aromatic carbocycles. The van der Waals surface area contributed by atoms with Gasteiger partial charge in [0.2, 0.25) is 0 Å². The number of hydrogen-bond acceptors (Lipinski definition) is 1. The third-order valence-corrected chi connectivity index (χ3v) is 1.68. The van der Waals surface area contributed by atoms with Crippen molar-refractivity contribution in [2.24, 2.45) is 0 Å². The molecule has 0 heterocycles. The Hall–Kier alpha value is -0.330. The van der Waals surface area contributed by atoms with Gasteiger partial charge in [-0.25, -0.2) is 0 Å². The first-order valence-electron chi connectivity index (χ1n) is 4.67. The summed E-state index contributed by atoms with van der Waals surface area (Å²) < 4.78 is 0. The molecule has 0 spiro atoms. The molecule has 65 valence electrons. The van der Waals surface area contributed by atoms with Crippen LogP contribution in [-0.4, -0.2) is 5.78 Å². The second-order valence-electron chi connectivity index (χ2n) is 2.92. The molecule has 0 unspecified atom stereocenters. The van der Waals surface area contributed by atoms with Crippen LogP contribution in [0.1, 0.15) is 52.4 Å². The van der Waals surface area contributed by atoms with Crippen molar-refractivity contribution in [1.29, 1.82) is 0 Å². The van der Waals surface area contributed by atoms with Crippen molar-refractivity contribution in [3.63, 3.8) is 0 Å². The molecular weight excluding hydrogens is 136 g/mol. The van der Waals surface area contributed by atoms with Gasteiger partial charge in [0.05, 0.1) is 0 Å². The quantitative estimate of drug-likeness (QED) is 0.516. The van der Waals surface area contributed by atoms with Crippen LogP contribution < -0.4 is 0 Å². The molecule has 0 saturated heterocycles. The molecular formula is C10H19O. The summed E-state index contributed by atoms with van der Waals surface area (Å²) in [5.41, 5.74) is 0. The summed E-state index contributed by atoms with van der Waals surface area (Å²) in [4.78, 5) is 11.0. The van der Waals surface area contributed by atoms with Crippen LogP contribution in [0.3, 0.4) is 0 Å². The molecule has 0 N–H and O–H groups in total. The van der Waals surface area contributed by atoms with Crippen LogP contribution in [0.4, 0.5) is 0 Å². The maximum atomic E-state index is 11.0. The first kappa shape index (κ1) is 10.7. The van der Waals surface area contributed by atoms with Crippen molar-refractivity contribution in [3.8, 4) is 0 Å². The van der Waals surface area contributed by atoms with E-state index in [1.165, 1.54) is 19.3 Å². The molecule has 11 heavy (non-hydrogen) atoms. The minimum atomic E-state index is 0.323. The highest BCUT2D eigenvalue weighted by molar-refractivity contribution is 5.86. The van der Waals surface area contributed by atoms with Crippen molar-refractivity contribution in [2.75, 3.05) is 0 Å². The Kier molecular flexibility index (Phi) is 7.54. The number of Topliss-reactive ketones (excluding diaryl/α,β-unsaturated/α-hetero) is 1. The highest BCUT2D eigenvalue weighted by Crippen LogP contribution is 2.03. The number of ketones is 1. The van der Waals surface area contributed by atoms with E-state index in [2.05, 4.69) is 6.92 Å². The predicted molar refractivity (Wildman–Crippen MR) is 48.4 cm³/mol. The Morgan fingerprint density at radius 2 is 1.91 bits per heavy atom. The lowest BCUT2D eigenvalue weighted by molar-refractivity contribution is -0.116. The molecule has 0 amide bonds. The van der Waals surface area contributed by atoms with Gasteiger partial charge < -0.3 is 0 Å². The van der Waals surface area contributed by atoms with Gasteiger partial charge >= 0.3 is 0 Å². The molecule has 0 saturated carbocycles. The zero-order valence-electron chi connectivity index (χ0n) is 7.73. The van der Waals surface area contributed by atoms with E-state index in [1.54, 1.807) is 0 Å². The van der Waals surface area contributed by atoms with Crippen LogP contribution in [-0.2, 0) is 4.79 Å². The van der Waals surface area contributed by atoms with Gasteiger partial charge in [0.1, 0.15) is 5.78 Å². The van der Waals surface area contributed by atoms with Gasteiger partial charge in [-0.15, -0.1) is 0 Å². The monoisotopic (exact) mass is 155 g/mol. The van der Waals surface area contributed by atoms with E-state index in [0.717, 1.165) is 19.3 Å². The van der Waals surface area contributed by atoms with Crippen molar-refractivity contribution in [1.82, 2.24) is 0 Å². The predicted octanol–water partition coefficient (Wildman–Crippen LogP) is 3.14. The molecule has 0 aromatic heterocycles. The van der Waals surface area contributed by atoms with Gasteiger partial charge in [-0.1, -0.05) is 33.1 Å². The van der Waals surface area contributed by atoms with Crippen LogP contribution >= 0.6 is 0 Å². The molecule has 1 heteroatoms. The number of carbonyl (C=O) groups excluding carboxylic acids is 1. The van der Waals surface area contributed by atoms with E-state index in [0.29, 0.717) is 5.78 Å². The summed E-state index contributed by atoms with van der Waals surface area (Å²) in [6.45, 7) is 4.21. The third kappa shape index (κ3) is 7.57. The summed E-state index contributed by atoms with van der Waals surface area (Å²) >= 11 is 0. The van der Waals surface area contributed by atoms with E-state index in [9.17, 15) is 4.79 Å². The molecule has 0 aliphatic carbocycles. The van der Waals surface area contributed by atoms with Gasteiger partial charge in [-0.3, -0.25) is 4.79 Å². The van der Waals surface area contributed by atoms with Crippen LogP contribution in [0.5, 0.6) is 0 Å². The number of unbranched alkanes of at least 4 members (excludes halogenated alkanes) is 3. The smallest absolute Gasteiger partial charge is 0.136 e. The number of rotatable bonds is 7. The van der Waals surface area contributed by atoms with Crippen LogP contribution in [0, 0.1) is 6.42 Å². The highest BCUT2D eigenvalue weighted by Gasteiger charge is 1.98. The second-order valence-corrected chi connectivity index (χ2v) is 2.92. The first-order valence-corrected chi connectivity index (χ1v) is 4.67. The molecule has 0 aliphatic heterocycles. The van der Waals surface area contributed by atoms with Gasteiger partial charge in [-0.2, -0.15) is 0 Å². The van der Waals surface area contributed by atoms with Crippen LogP contribution in [0.25, 0.3) is 0 Å². The SMILES string of the molecule is CCCCC[CH]C(=O)CCC. The van der Waals surface area contributed by atoms with Gasteiger partial charge in [0.25, 0.3) is 0 Å². The molecule has 0 aliphatic rings. The Bertz CT molecular complexity index is 97.0. The molecule has 0 aromatic rings. The molecule has 1 nitrogen and oxygen atoms in total. The van der Waals surface area contributed by atoms with Gasteiger partial charge in [-0.05, 0) is 12.8 Å². The zero-order chi connectivity index (χ0) is 8.53. The lowest BCUT2D eigenvalue weighted by atomic mass is 10.1. The summed E-state index contributed by atoms with van der Waals surface area (Å²) in [5.74, 6) is 0.323. The summed E-state index contributed by atoms with van der Waals surface area (Å²) in [6.07, 6.45) is 8.18. The molecule has 0 atom stereocenters. The van der Waals surface area contributed by atoms with Crippen molar-refractivity contribution in [3.05, 3.63) is 6.42 Å². The Morgan fingerprint density at radius 3 is 2.45 bits per heavy atom. The van der Waals surface area contributed by atoms with Crippen LogP contribution in [0.15, 0.2) is 0 Å². The van der Waals surface area contributed by atoms with Crippen LogP contribution in [0.2, 0.25) is 0 Å². The Labute approximate surface area is 70.2 Å². The van der Waals surface area contributed by atoms with Crippen molar-refractivity contribution >= 4 is 5.78 Å². The largest absolute Gasteiger partial charge is 0.299 e.